The molecule has 21 heavy (non-hydrogen) atoms. The van der Waals surface area contributed by atoms with Gasteiger partial charge in [-0.3, -0.25) is 4.79 Å². The number of primary amides is 1. The number of hydrogen-bond donors (Lipinski definition) is 3. The van der Waals surface area contributed by atoms with Crippen molar-refractivity contribution >= 4 is 11.9 Å². The van der Waals surface area contributed by atoms with Crippen molar-refractivity contribution in [3.8, 4) is 0 Å². The Balaban J connectivity index is 2.12. The molecule has 1 saturated carbocycles. The van der Waals surface area contributed by atoms with E-state index in [0.717, 1.165) is 6.42 Å². The number of hydrogen-bond acceptors (Lipinski definition) is 3. The topological polar surface area (TPSA) is 93.4 Å². The van der Waals surface area contributed by atoms with Gasteiger partial charge in [-0.1, -0.05) is 19.8 Å². The fraction of sp³-hybridized carbons (Fsp3) is 0.867. The van der Waals surface area contributed by atoms with E-state index in [-0.39, 0.29) is 12.6 Å². The first-order chi connectivity index (χ1) is 9.83. The summed E-state index contributed by atoms with van der Waals surface area (Å²) in [4.78, 5) is 22.7. The minimum Gasteiger partial charge on any atom is -0.376 e. The predicted octanol–water partition coefficient (Wildman–Crippen LogP) is 1.39. The van der Waals surface area contributed by atoms with Gasteiger partial charge < -0.3 is 21.1 Å². The van der Waals surface area contributed by atoms with Crippen molar-refractivity contribution in [2.24, 2.45) is 17.1 Å². The van der Waals surface area contributed by atoms with Crippen molar-refractivity contribution < 1.29 is 14.3 Å². The van der Waals surface area contributed by atoms with E-state index in [1.165, 1.54) is 19.3 Å². The van der Waals surface area contributed by atoms with Gasteiger partial charge in [0, 0.05) is 13.1 Å². The molecule has 0 unspecified atom stereocenters. The molecule has 1 rings (SSSR count). The number of urea groups is 1. The molecule has 6 nitrogen and oxygen atoms in total. The second-order valence-corrected chi connectivity index (χ2v) is 6.53. The first kappa shape index (κ1) is 17.8. The molecule has 0 spiro atoms. The molecule has 1 fully saturated rings. The summed E-state index contributed by atoms with van der Waals surface area (Å²) in [6, 6.07) is -0.301. The first-order valence-electron chi connectivity index (χ1n) is 7.76. The molecule has 0 aromatic rings. The van der Waals surface area contributed by atoms with E-state index in [9.17, 15) is 9.59 Å². The Kier molecular flexibility index (Phi) is 6.95. The molecule has 1 aliphatic rings. The zero-order valence-corrected chi connectivity index (χ0v) is 13.4. The Morgan fingerprint density at radius 1 is 1.24 bits per heavy atom. The Labute approximate surface area is 127 Å². The molecule has 4 N–H and O–H groups in total. The van der Waals surface area contributed by atoms with Gasteiger partial charge in [0.1, 0.15) is 0 Å². The van der Waals surface area contributed by atoms with Crippen LogP contribution in [0, 0.1) is 11.3 Å². The summed E-state index contributed by atoms with van der Waals surface area (Å²) in [5, 5.41) is 5.37. The van der Waals surface area contributed by atoms with Gasteiger partial charge in [0.25, 0.3) is 0 Å². The van der Waals surface area contributed by atoms with Gasteiger partial charge in [-0.05, 0) is 32.6 Å². The molecule has 1 aliphatic carbocycles. The molecule has 3 amide bonds. The van der Waals surface area contributed by atoms with Crippen LogP contribution in [-0.2, 0) is 9.53 Å². The highest BCUT2D eigenvalue weighted by Crippen LogP contribution is 2.25. The van der Waals surface area contributed by atoms with Crippen LogP contribution in [0.15, 0.2) is 0 Å². The van der Waals surface area contributed by atoms with Crippen LogP contribution in [0.3, 0.4) is 0 Å². The van der Waals surface area contributed by atoms with E-state index in [0.29, 0.717) is 25.2 Å². The highest BCUT2D eigenvalue weighted by Gasteiger charge is 2.25. The molecule has 2 atom stereocenters. The van der Waals surface area contributed by atoms with Crippen molar-refractivity contribution in [3.05, 3.63) is 0 Å². The van der Waals surface area contributed by atoms with E-state index in [1.807, 2.05) is 0 Å². The second kappa shape index (κ2) is 8.22. The molecule has 0 aliphatic heterocycles. The molecule has 0 radical (unpaired) electrons. The number of carbonyl (C=O) groups excluding carboxylic acids is 2. The third-order valence-corrected chi connectivity index (χ3v) is 4.11. The average Bonchev–Trinajstić information content (AvgIpc) is 2.43. The standard InChI is InChI=1S/C15H29N3O3/c1-11-6-4-5-7-12(11)21-9-8-17-14(20)18-10-15(2,3)13(16)19/h11-12H,4-10H2,1-3H3,(H2,16,19)(H2,17,18,20)/t11-,12-/m0/s1. The summed E-state index contributed by atoms with van der Waals surface area (Å²) in [7, 11) is 0. The molecule has 0 saturated heterocycles. The van der Waals surface area contributed by atoms with Crippen LogP contribution in [0.2, 0.25) is 0 Å². The molecule has 0 aromatic carbocycles. The number of nitrogens with one attached hydrogen (secondary N) is 2. The first-order valence-corrected chi connectivity index (χ1v) is 7.76. The molecular weight excluding hydrogens is 270 g/mol. The fourth-order valence-electron chi connectivity index (χ4n) is 2.36. The number of nitrogens with two attached hydrogens (primary N) is 1. The number of rotatable bonds is 7. The molecule has 6 heteroatoms. The van der Waals surface area contributed by atoms with Crippen molar-refractivity contribution in [2.45, 2.75) is 52.6 Å². The normalized spacial score (nSPS) is 22.6. The molecular formula is C15H29N3O3. The SMILES string of the molecule is C[C@H]1CCCC[C@@H]1OCCNC(=O)NCC(C)(C)C(N)=O. The van der Waals surface area contributed by atoms with Crippen molar-refractivity contribution in [3.63, 3.8) is 0 Å². The zero-order chi connectivity index (χ0) is 15.9. The van der Waals surface area contributed by atoms with Crippen molar-refractivity contribution in [2.75, 3.05) is 19.7 Å². The monoisotopic (exact) mass is 299 g/mol. The fourth-order valence-corrected chi connectivity index (χ4v) is 2.36. The molecule has 0 heterocycles. The maximum absolute atomic E-state index is 11.6. The summed E-state index contributed by atoms with van der Waals surface area (Å²) in [6.45, 7) is 6.81. The van der Waals surface area contributed by atoms with Gasteiger partial charge in [0.05, 0.1) is 18.1 Å². The Hall–Kier alpha value is -1.30. The van der Waals surface area contributed by atoms with Crippen LogP contribution < -0.4 is 16.4 Å². The maximum atomic E-state index is 11.6. The van der Waals surface area contributed by atoms with Crippen LogP contribution in [-0.4, -0.2) is 37.7 Å². The lowest BCUT2D eigenvalue weighted by molar-refractivity contribution is -0.125. The minimum absolute atomic E-state index is 0.217. The predicted molar refractivity (Wildman–Crippen MR) is 81.7 cm³/mol. The lowest BCUT2D eigenvalue weighted by Crippen LogP contribution is -2.46. The summed E-state index contributed by atoms with van der Waals surface area (Å²) >= 11 is 0. The number of ether oxygens (including phenoxy) is 1. The molecule has 122 valence electrons. The lowest BCUT2D eigenvalue weighted by Gasteiger charge is -2.28. The van der Waals surface area contributed by atoms with E-state index in [4.69, 9.17) is 10.5 Å². The average molecular weight is 299 g/mol. The van der Waals surface area contributed by atoms with Gasteiger partial charge >= 0.3 is 6.03 Å². The smallest absolute Gasteiger partial charge is 0.314 e. The Morgan fingerprint density at radius 3 is 2.52 bits per heavy atom. The van der Waals surface area contributed by atoms with Gasteiger partial charge in [0.2, 0.25) is 5.91 Å². The summed E-state index contributed by atoms with van der Waals surface area (Å²) in [5.41, 5.74) is 4.50. The highest BCUT2D eigenvalue weighted by molar-refractivity contribution is 5.81. The van der Waals surface area contributed by atoms with Crippen LogP contribution in [0.5, 0.6) is 0 Å². The van der Waals surface area contributed by atoms with E-state index >= 15 is 0 Å². The van der Waals surface area contributed by atoms with Crippen molar-refractivity contribution in [1.82, 2.24) is 10.6 Å². The van der Waals surface area contributed by atoms with Crippen LogP contribution in [0.4, 0.5) is 4.79 Å². The quantitative estimate of drug-likeness (QED) is 0.620. The van der Waals surface area contributed by atoms with Crippen LogP contribution >= 0.6 is 0 Å². The van der Waals surface area contributed by atoms with E-state index in [2.05, 4.69) is 17.6 Å². The molecule has 0 bridgehead atoms. The van der Waals surface area contributed by atoms with Gasteiger partial charge in [-0.2, -0.15) is 0 Å². The third-order valence-electron chi connectivity index (χ3n) is 4.11. The van der Waals surface area contributed by atoms with E-state index in [1.54, 1.807) is 13.8 Å². The van der Waals surface area contributed by atoms with Crippen LogP contribution in [0.1, 0.15) is 46.5 Å². The number of carbonyl (C=O) groups is 2. The lowest BCUT2D eigenvalue weighted by atomic mass is 9.88. The zero-order valence-electron chi connectivity index (χ0n) is 13.4. The summed E-state index contributed by atoms with van der Waals surface area (Å²) in [5.74, 6) is 0.168. The van der Waals surface area contributed by atoms with Crippen molar-refractivity contribution in [1.29, 1.82) is 0 Å². The summed E-state index contributed by atoms with van der Waals surface area (Å²) < 4.78 is 5.81. The van der Waals surface area contributed by atoms with Gasteiger partial charge in [0.15, 0.2) is 0 Å². The van der Waals surface area contributed by atoms with Gasteiger partial charge in [-0.25, -0.2) is 4.79 Å². The molecule has 0 aromatic heterocycles. The van der Waals surface area contributed by atoms with Gasteiger partial charge in [-0.15, -0.1) is 0 Å². The Morgan fingerprint density at radius 2 is 1.90 bits per heavy atom. The third kappa shape index (κ3) is 6.33. The largest absolute Gasteiger partial charge is 0.376 e. The number of amides is 3. The Bertz CT molecular complexity index is 358. The minimum atomic E-state index is -0.745. The summed E-state index contributed by atoms with van der Waals surface area (Å²) in [6.07, 6.45) is 5.17. The highest BCUT2D eigenvalue weighted by atomic mass is 16.5. The van der Waals surface area contributed by atoms with Crippen LogP contribution in [0.25, 0.3) is 0 Å². The van der Waals surface area contributed by atoms with E-state index < -0.39 is 11.3 Å². The maximum Gasteiger partial charge on any atom is 0.314 e. The second-order valence-electron chi connectivity index (χ2n) is 6.53.